The van der Waals surface area contributed by atoms with Gasteiger partial charge >= 0.3 is 0 Å². The zero-order valence-corrected chi connectivity index (χ0v) is 17.2. The van der Waals surface area contributed by atoms with Crippen LogP contribution in [0, 0.1) is 0 Å². The van der Waals surface area contributed by atoms with Crippen LogP contribution in [0.2, 0.25) is 0 Å². The molecular weight excluding hydrogens is 362 g/mol. The second-order valence-corrected chi connectivity index (χ2v) is 7.14. The molecular formula is C29H25N. The first kappa shape index (κ1) is 19.6. The molecule has 0 radical (unpaired) electrons. The number of hydrogen-bond acceptors (Lipinski definition) is 1. The van der Waals surface area contributed by atoms with Crippen LogP contribution in [0.5, 0.6) is 0 Å². The molecule has 4 aromatic carbocycles. The summed E-state index contributed by atoms with van der Waals surface area (Å²) < 4.78 is 0. The van der Waals surface area contributed by atoms with Gasteiger partial charge in [0.2, 0.25) is 0 Å². The number of benzene rings is 4. The maximum absolute atomic E-state index is 4.37. The minimum atomic E-state index is 0.714. The lowest BCUT2D eigenvalue weighted by molar-refractivity contribution is 1.07. The van der Waals surface area contributed by atoms with Gasteiger partial charge in [0.1, 0.15) is 0 Å². The zero-order valence-electron chi connectivity index (χ0n) is 17.2. The molecule has 0 aliphatic heterocycles. The highest BCUT2D eigenvalue weighted by molar-refractivity contribution is 6.04. The summed E-state index contributed by atoms with van der Waals surface area (Å²) in [6.45, 7) is 2.67. The maximum Gasteiger partial charge on any atom is 0.0635 e. The van der Waals surface area contributed by atoms with Crippen molar-refractivity contribution < 1.29 is 0 Å². The quantitative estimate of drug-likeness (QED) is 0.243. The Morgan fingerprint density at radius 1 is 0.533 bits per heavy atom. The minimum Gasteiger partial charge on any atom is -0.293 e. The molecule has 0 amide bonds. The van der Waals surface area contributed by atoms with Crippen LogP contribution in [0.25, 0.3) is 11.1 Å². The Labute approximate surface area is 179 Å². The van der Waals surface area contributed by atoms with Gasteiger partial charge in [-0.1, -0.05) is 115 Å². The Morgan fingerprint density at radius 2 is 0.900 bits per heavy atom. The molecule has 0 saturated heterocycles. The first-order valence-corrected chi connectivity index (χ1v) is 10.3. The van der Waals surface area contributed by atoms with E-state index < -0.39 is 0 Å². The average Bonchev–Trinajstić information content (AvgIpc) is 2.83. The van der Waals surface area contributed by atoms with Crippen molar-refractivity contribution in [1.29, 1.82) is 0 Å². The Bertz CT molecular complexity index is 1080. The van der Waals surface area contributed by atoms with Crippen molar-refractivity contribution in [1.82, 2.24) is 0 Å². The fourth-order valence-corrected chi connectivity index (χ4v) is 3.70. The molecule has 0 bridgehead atoms. The number of hydrogen-bond donors (Lipinski definition) is 0. The Kier molecular flexibility index (Phi) is 6.31. The van der Waals surface area contributed by atoms with E-state index in [0.29, 0.717) is 6.54 Å². The monoisotopic (exact) mass is 387 g/mol. The number of nitrogens with zero attached hydrogens (tertiary/aromatic N) is 1. The van der Waals surface area contributed by atoms with E-state index in [4.69, 9.17) is 0 Å². The minimum absolute atomic E-state index is 0.714. The van der Waals surface area contributed by atoms with Crippen LogP contribution < -0.4 is 0 Å². The van der Waals surface area contributed by atoms with Gasteiger partial charge in [0.15, 0.2) is 0 Å². The SMILES string of the molecule is C/C=N/Cc1ccc(C(=C(c2ccccc2)c2ccccc2)c2ccccc2)cc1. The van der Waals surface area contributed by atoms with E-state index in [9.17, 15) is 0 Å². The molecule has 0 unspecified atom stereocenters. The predicted octanol–water partition coefficient (Wildman–Crippen LogP) is 7.28. The van der Waals surface area contributed by atoms with Gasteiger partial charge in [-0.2, -0.15) is 0 Å². The fraction of sp³-hybridized carbons (Fsp3) is 0.0690. The van der Waals surface area contributed by atoms with Crippen LogP contribution >= 0.6 is 0 Å². The van der Waals surface area contributed by atoms with E-state index in [2.05, 4.69) is 120 Å². The molecule has 0 aromatic heterocycles. The fourth-order valence-electron chi connectivity index (χ4n) is 3.70. The highest BCUT2D eigenvalue weighted by Crippen LogP contribution is 2.36. The van der Waals surface area contributed by atoms with Crippen molar-refractivity contribution in [3.63, 3.8) is 0 Å². The van der Waals surface area contributed by atoms with Crippen molar-refractivity contribution in [3.05, 3.63) is 143 Å². The van der Waals surface area contributed by atoms with E-state index in [0.717, 1.165) is 0 Å². The molecule has 0 fully saturated rings. The summed E-state index contributed by atoms with van der Waals surface area (Å²) in [5.74, 6) is 0. The smallest absolute Gasteiger partial charge is 0.0635 e. The van der Waals surface area contributed by atoms with Crippen LogP contribution in [0.3, 0.4) is 0 Å². The summed E-state index contributed by atoms with van der Waals surface area (Å²) in [6, 6.07) is 40.8. The summed E-state index contributed by atoms with van der Waals surface area (Å²) in [4.78, 5) is 4.37. The third-order valence-corrected chi connectivity index (χ3v) is 5.14. The van der Waals surface area contributed by atoms with Crippen LogP contribution in [0.1, 0.15) is 34.7 Å². The molecule has 0 saturated carbocycles. The van der Waals surface area contributed by atoms with Crippen LogP contribution in [-0.2, 0) is 6.54 Å². The molecule has 0 spiro atoms. The number of rotatable bonds is 6. The lowest BCUT2D eigenvalue weighted by Crippen LogP contribution is -1.97. The standard InChI is InChI=1S/C29H25N/c1-2-30-22-23-18-20-27(21-19-23)29(26-16-10-5-11-17-26)28(24-12-6-3-7-13-24)25-14-8-4-9-15-25/h2-21H,22H2,1H3/b30-2+. The molecule has 0 N–H and O–H groups in total. The first-order chi connectivity index (χ1) is 14.9. The van der Waals surface area contributed by atoms with Gasteiger partial charge in [0.25, 0.3) is 0 Å². The summed E-state index contributed by atoms with van der Waals surface area (Å²) in [7, 11) is 0. The number of aliphatic imine (C=N–C) groups is 1. The average molecular weight is 388 g/mol. The van der Waals surface area contributed by atoms with E-state index in [1.165, 1.54) is 39.0 Å². The highest BCUT2D eigenvalue weighted by atomic mass is 14.7. The van der Waals surface area contributed by atoms with Crippen LogP contribution in [-0.4, -0.2) is 6.21 Å². The van der Waals surface area contributed by atoms with Crippen molar-refractivity contribution in [2.45, 2.75) is 13.5 Å². The molecule has 0 aliphatic carbocycles. The second kappa shape index (κ2) is 9.67. The lowest BCUT2D eigenvalue weighted by Gasteiger charge is -2.18. The van der Waals surface area contributed by atoms with Gasteiger partial charge in [-0.05, 0) is 52.1 Å². The van der Waals surface area contributed by atoms with Crippen molar-refractivity contribution in [2.24, 2.45) is 4.99 Å². The molecule has 0 heterocycles. The van der Waals surface area contributed by atoms with E-state index >= 15 is 0 Å². The molecule has 146 valence electrons. The summed E-state index contributed by atoms with van der Waals surface area (Å²) in [5.41, 5.74) is 8.52. The molecule has 4 aromatic rings. The molecule has 0 aliphatic rings. The molecule has 0 atom stereocenters. The van der Waals surface area contributed by atoms with E-state index in [-0.39, 0.29) is 0 Å². The van der Waals surface area contributed by atoms with Gasteiger partial charge in [0.05, 0.1) is 6.54 Å². The third-order valence-electron chi connectivity index (χ3n) is 5.14. The normalized spacial score (nSPS) is 10.8. The van der Waals surface area contributed by atoms with Gasteiger partial charge < -0.3 is 0 Å². The van der Waals surface area contributed by atoms with Crippen molar-refractivity contribution >= 4 is 17.4 Å². The van der Waals surface area contributed by atoms with Crippen molar-refractivity contribution in [2.75, 3.05) is 0 Å². The third kappa shape index (κ3) is 4.47. The molecule has 1 nitrogen and oxygen atoms in total. The maximum atomic E-state index is 4.37. The zero-order chi connectivity index (χ0) is 20.6. The van der Waals surface area contributed by atoms with Crippen LogP contribution in [0.15, 0.2) is 120 Å². The molecule has 4 rings (SSSR count). The largest absolute Gasteiger partial charge is 0.293 e. The first-order valence-electron chi connectivity index (χ1n) is 10.3. The van der Waals surface area contributed by atoms with Gasteiger partial charge in [-0.25, -0.2) is 0 Å². The highest BCUT2D eigenvalue weighted by Gasteiger charge is 2.15. The predicted molar refractivity (Wildman–Crippen MR) is 129 cm³/mol. The lowest BCUT2D eigenvalue weighted by atomic mass is 9.85. The second-order valence-electron chi connectivity index (χ2n) is 7.14. The van der Waals surface area contributed by atoms with Gasteiger partial charge in [-0.3, -0.25) is 4.99 Å². The Morgan fingerprint density at radius 3 is 1.27 bits per heavy atom. The molecule has 1 heteroatoms. The van der Waals surface area contributed by atoms with Gasteiger partial charge in [-0.15, -0.1) is 0 Å². The Hall–Kier alpha value is -3.71. The van der Waals surface area contributed by atoms with E-state index in [1.807, 2.05) is 13.1 Å². The topological polar surface area (TPSA) is 12.4 Å². The molecule has 30 heavy (non-hydrogen) atoms. The summed E-state index contributed by atoms with van der Waals surface area (Å²) in [6.07, 6.45) is 1.85. The van der Waals surface area contributed by atoms with Crippen molar-refractivity contribution in [3.8, 4) is 0 Å². The van der Waals surface area contributed by atoms with E-state index in [1.54, 1.807) is 0 Å². The van der Waals surface area contributed by atoms with Crippen LogP contribution in [0.4, 0.5) is 0 Å². The van der Waals surface area contributed by atoms with Gasteiger partial charge in [0, 0.05) is 0 Å². The summed E-state index contributed by atoms with van der Waals surface area (Å²) in [5, 5.41) is 0. The Balaban J connectivity index is 1.98. The summed E-state index contributed by atoms with van der Waals surface area (Å²) >= 11 is 0.